The van der Waals surface area contributed by atoms with E-state index in [4.69, 9.17) is 0 Å². The molecule has 2 aromatic rings. The third-order valence-electron chi connectivity index (χ3n) is 2.63. The lowest BCUT2D eigenvalue weighted by Gasteiger charge is -2.03. The van der Waals surface area contributed by atoms with Gasteiger partial charge in [-0.05, 0) is 18.1 Å². The summed E-state index contributed by atoms with van der Waals surface area (Å²) >= 11 is 2.56. The number of rotatable bonds is 7. The number of carbonyl (C=O) groups excluding carboxylic acids is 2. The van der Waals surface area contributed by atoms with Crippen molar-refractivity contribution in [2.45, 2.75) is 24.6 Å². The van der Waals surface area contributed by atoms with E-state index in [1.807, 2.05) is 44.2 Å². The van der Waals surface area contributed by atoms with Gasteiger partial charge in [-0.15, -0.1) is 10.2 Å². The molecule has 0 unspecified atom stereocenters. The summed E-state index contributed by atoms with van der Waals surface area (Å²) in [5.41, 5.74) is 0.761. The van der Waals surface area contributed by atoms with Crippen LogP contribution in [0.1, 0.15) is 20.3 Å². The predicted octanol–water partition coefficient (Wildman–Crippen LogP) is 3.25. The van der Waals surface area contributed by atoms with Crippen LogP contribution in [0.25, 0.3) is 0 Å². The lowest BCUT2D eigenvalue weighted by atomic mass is 10.1. The summed E-state index contributed by atoms with van der Waals surface area (Å²) < 4.78 is 0.646. The summed E-state index contributed by atoms with van der Waals surface area (Å²) in [5, 5.41) is 13.8. The van der Waals surface area contributed by atoms with E-state index < -0.39 is 0 Å². The van der Waals surface area contributed by atoms with Crippen LogP contribution in [0.4, 0.5) is 10.8 Å². The highest BCUT2D eigenvalue weighted by molar-refractivity contribution is 8.01. The van der Waals surface area contributed by atoms with Gasteiger partial charge >= 0.3 is 0 Å². The number of thioether (sulfide) groups is 1. The van der Waals surface area contributed by atoms with Gasteiger partial charge in [0.15, 0.2) is 4.34 Å². The van der Waals surface area contributed by atoms with E-state index >= 15 is 0 Å². The summed E-state index contributed by atoms with van der Waals surface area (Å²) in [6.07, 6.45) is 0.446. The van der Waals surface area contributed by atoms with E-state index in [0.717, 1.165) is 5.69 Å². The van der Waals surface area contributed by atoms with Crippen LogP contribution in [0, 0.1) is 5.92 Å². The Balaban J connectivity index is 1.78. The van der Waals surface area contributed by atoms with Crippen LogP contribution >= 0.6 is 23.1 Å². The molecule has 0 atom stereocenters. The summed E-state index contributed by atoms with van der Waals surface area (Å²) in [7, 11) is 0. The smallest absolute Gasteiger partial charge is 0.234 e. The number of benzene rings is 1. The minimum atomic E-state index is -0.109. The Morgan fingerprint density at radius 2 is 1.87 bits per heavy atom. The van der Waals surface area contributed by atoms with Crippen LogP contribution in [0.5, 0.6) is 0 Å². The maximum absolute atomic E-state index is 11.8. The zero-order chi connectivity index (χ0) is 16.7. The Bertz CT molecular complexity index is 659. The molecule has 0 radical (unpaired) electrons. The van der Waals surface area contributed by atoms with Gasteiger partial charge in [0.05, 0.1) is 5.75 Å². The zero-order valence-corrected chi connectivity index (χ0v) is 14.5. The lowest BCUT2D eigenvalue weighted by Crippen LogP contribution is -2.13. The Labute approximate surface area is 143 Å². The van der Waals surface area contributed by atoms with Crippen molar-refractivity contribution in [1.82, 2.24) is 10.2 Å². The normalized spacial score (nSPS) is 10.6. The van der Waals surface area contributed by atoms with Gasteiger partial charge in [-0.25, -0.2) is 0 Å². The molecule has 0 spiro atoms. The second-order valence-electron chi connectivity index (χ2n) is 5.22. The van der Waals surface area contributed by atoms with Crippen molar-refractivity contribution in [3.63, 3.8) is 0 Å². The van der Waals surface area contributed by atoms with Crippen LogP contribution in [-0.4, -0.2) is 27.8 Å². The summed E-state index contributed by atoms with van der Waals surface area (Å²) in [5.74, 6) is 0.346. The van der Waals surface area contributed by atoms with E-state index in [2.05, 4.69) is 20.8 Å². The maximum Gasteiger partial charge on any atom is 0.234 e. The highest BCUT2D eigenvalue weighted by Gasteiger charge is 2.11. The summed E-state index contributed by atoms with van der Waals surface area (Å²) in [6.45, 7) is 3.96. The van der Waals surface area contributed by atoms with Crippen LogP contribution < -0.4 is 10.6 Å². The van der Waals surface area contributed by atoms with Gasteiger partial charge in [-0.1, -0.05) is 55.1 Å². The molecule has 2 N–H and O–H groups in total. The molecule has 2 amide bonds. The van der Waals surface area contributed by atoms with Gasteiger partial charge in [-0.2, -0.15) is 0 Å². The van der Waals surface area contributed by atoms with Crippen molar-refractivity contribution in [2.75, 3.05) is 16.4 Å². The van der Waals surface area contributed by atoms with Crippen LogP contribution in [0.3, 0.4) is 0 Å². The average molecular weight is 350 g/mol. The number of carbonyl (C=O) groups is 2. The van der Waals surface area contributed by atoms with Gasteiger partial charge in [0, 0.05) is 12.1 Å². The van der Waals surface area contributed by atoms with Crippen molar-refractivity contribution in [3.8, 4) is 0 Å². The molecule has 0 saturated heterocycles. The first-order valence-corrected chi connectivity index (χ1v) is 8.94. The van der Waals surface area contributed by atoms with Crippen molar-refractivity contribution < 1.29 is 9.59 Å². The minimum Gasteiger partial charge on any atom is -0.325 e. The number of hydrogen-bond acceptors (Lipinski definition) is 6. The fraction of sp³-hybridized carbons (Fsp3) is 0.333. The molecule has 1 aromatic heterocycles. The first-order chi connectivity index (χ1) is 11.0. The first-order valence-electron chi connectivity index (χ1n) is 7.14. The Morgan fingerprint density at radius 3 is 2.57 bits per heavy atom. The number of para-hydroxylation sites is 1. The fourth-order valence-electron chi connectivity index (χ4n) is 1.71. The SMILES string of the molecule is CC(C)CC(=O)Nc1nnc(SCC(=O)Nc2ccccc2)s1. The minimum absolute atomic E-state index is 0.0745. The molecular formula is C15H18N4O2S2. The van der Waals surface area contributed by atoms with Gasteiger partial charge in [0.25, 0.3) is 0 Å². The fourth-order valence-corrected chi connectivity index (χ4v) is 3.27. The highest BCUT2D eigenvalue weighted by atomic mass is 32.2. The third kappa shape index (κ3) is 6.37. The average Bonchev–Trinajstić information content (AvgIpc) is 2.93. The number of anilines is 2. The standard InChI is InChI=1S/C15H18N4O2S2/c1-10(2)8-12(20)17-14-18-19-15(23-14)22-9-13(21)16-11-6-4-3-5-7-11/h3-7,10H,8-9H2,1-2H3,(H,16,21)(H,17,18,20). The molecule has 0 aliphatic heterocycles. The molecule has 122 valence electrons. The van der Waals surface area contributed by atoms with Gasteiger partial charge in [0.2, 0.25) is 16.9 Å². The number of nitrogens with zero attached hydrogens (tertiary/aromatic N) is 2. The molecule has 6 nitrogen and oxygen atoms in total. The number of hydrogen-bond donors (Lipinski definition) is 2. The monoisotopic (exact) mass is 350 g/mol. The summed E-state index contributed by atoms with van der Waals surface area (Å²) in [6, 6.07) is 9.27. The van der Waals surface area contributed by atoms with Crippen LogP contribution in [-0.2, 0) is 9.59 Å². The molecule has 2 rings (SSSR count). The number of amides is 2. The first kappa shape index (κ1) is 17.4. The highest BCUT2D eigenvalue weighted by Crippen LogP contribution is 2.25. The molecule has 0 aliphatic carbocycles. The summed E-state index contributed by atoms with van der Waals surface area (Å²) in [4.78, 5) is 23.5. The molecule has 1 aromatic carbocycles. The van der Waals surface area contributed by atoms with E-state index in [-0.39, 0.29) is 17.6 Å². The van der Waals surface area contributed by atoms with Crippen molar-refractivity contribution in [1.29, 1.82) is 0 Å². The van der Waals surface area contributed by atoms with Crippen molar-refractivity contribution >= 4 is 45.7 Å². The number of nitrogens with one attached hydrogen (secondary N) is 2. The van der Waals surface area contributed by atoms with Gasteiger partial charge in [-0.3, -0.25) is 9.59 Å². The quantitative estimate of drug-likeness (QED) is 0.591. The molecule has 1 heterocycles. The second-order valence-corrected chi connectivity index (χ2v) is 7.42. The van der Waals surface area contributed by atoms with Gasteiger partial charge in [0.1, 0.15) is 0 Å². The molecule has 0 fully saturated rings. The second kappa shape index (κ2) is 8.64. The molecular weight excluding hydrogens is 332 g/mol. The van der Waals surface area contributed by atoms with E-state index in [1.165, 1.54) is 23.1 Å². The van der Waals surface area contributed by atoms with E-state index in [1.54, 1.807) is 0 Å². The van der Waals surface area contributed by atoms with Crippen molar-refractivity contribution in [3.05, 3.63) is 30.3 Å². The molecule has 8 heteroatoms. The Morgan fingerprint density at radius 1 is 1.13 bits per heavy atom. The Hall–Kier alpha value is -1.93. The zero-order valence-electron chi connectivity index (χ0n) is 12.9. The van der Waals surface area contributed by atoms with Crippen LogP contribution in [0.15, 0.2) is 34.7 Å². The van der Waals surface area contributed by atoms with Crippen LogP contribution in [0.2, 0.25) is 0 Å². The third-order valence-corrected chi connectivity index (χ3v) is 4.60. The molecule has 23 heavy (non-hydrogen) atoms. The lowest BCUT2D eigenvalue weighted by molar-refractivity contribution is -0.117. The van der Waals surface area contributed by atoms with E-state index in [9.17, 15) is 9.59 Å². The van der Waals surface area contributed by atoms with Crippen molar-refractivity contribution in [2.24, 2.45) is 5.92 Å². The molecule has 0 bridgehead atoms. The maximum atomic E-state index is 11.8. The van der Waals surface area contributed by atoms with Gasteiger partial charge < -0.3 is 10.6 Å². The largest absolute Gasteiger partial charge is 0.325 e. The number of aromatic nitrogens is 2. The van der Waals surface area contributed by atoms with E-state index in [0.29, 0.717) is 21.8 Å². The molecule has 0 saturated carbocycles. The molecule has 0 aliphatic rings. The topological polar surface area (TPSA) is 84.0 Å². The predicted molar refractivity (Wildman–Crippen MR) is 93.8 cm³/mol. The Kier molecular flexibility index (Phi) is 6.54.